The SMILES string of the molecule is C=O.CN1CCCC(=O)CC1. The minimum absolute atomic E-state index is 0.430. The number of hydrogen-bond acceptors (Lipinski definition) is 3. The van der Waals surface area contributed by atoms with E-state index in [1.807, 2.05) is 6.79 Å². The molecule has 1 rings (SSSR count). The topological polar surface area (TPSA) is 37.4 Å². The van der Waals surface area contributed by atoms with Crippen molar-refractivity contribution in [1.82, 2.24) is 4.90 Å². The summed E-state index contributed by atoms with van der Waals surface area (Å²) in [7, 11) is 2.07. The molecule has 0 bridgehead atoms. The summed E-state index contributed by atoms with van der Waals surface area (Å²) in [4.78, 5) is 21.0. The van der Waals surface area contributed by atoms with Gasteiger partial charge in [0.2, 0.25) is 0 Å². The first-order valence-electron chi connectivity index (χ1n) is 3.78. The summed E-state index contributed by atoms with van der Waals surface area (Å²) in [5.41, 5.74) is 0. The van der Waals surface area contributed by atoms with E-state index < -0.39 is 0 Å². The highest BCUT2D eigenvalue weighted by atomic mass is 16.1. The van der Waals surface area contributed by atoms with Crippen LogP contribution in [0, 0.1) is 0 Å². The van der Waals surface area contributed by atoms with Gasteiger partial charge in [-0.15, -0.1) is 0 Å². The fraction of sp³-hybridized carbons (Fsp3) is 0.750. The second kappa shape index (κ2) is 6.04. The largest absolute Gasteiger partial charge is 0.307 e. The fourth-order valence-electron chi connectivity index (χ4n) is 1.10. The molecule has 0 aromatic carbocycles. The first-order chi connectivity index (χ1) is 5.29. The summed E-state index contributed by atoms with van der Waals surface area (Å²) < 4.78 is 0. The van der Waals surface area contributed by atoms with Crippen molar-refractivity contribution in [2.24, 2.45) is 0 Å². The molecule has 1 aliphatic rings. The molecule has 1 fully saturated rings. The highest BCUT2D eigenvalue weighted by Crippen LogP contribution is 2.03. The molecule has 0 N–H and O–H groups in total. The van der Waals surface area contributed by atoms with Crippen LogP contribution < -0.4 is 0 Å². The van der Waals surface area contributed by atoms with Crippen molar-refractivity contribution in [3.8, 4) is 0 Å². The van der Waals surface area contributed by atoms with Crippen LogP contribution in [0.3, 0.4) is 0 Å². The Morgan fingerprint density at radius 1 is 1.27 bits per heavy atom. The van der Waals surface area contributed by atoms with Crippen LogP contribution in [-0.2, 0) is 9.59 Å². The maximum absolute atomic E-state index is 10.8. The van der Waals surface area contributed by atoms with E-state index >= 15 is 0 Å². The number of nitrogens with zero attached hydrogens (tertiary/aromatic N) is 1. The van der Waals surface area contributed by atoms with Crippen LogP contribution in [-0.4, -0.2) is 37.6 Å². The van der Waals surface area contributed by atoms with Gasteiger partial charge < -0.3 is 9.69 Å². The minimum Gasteiger partial charge on any atom is -0.307 e. The van der Waals surface area contributed by atoms with E-state index in [9.17, 15) is 4.79 Å². The molecule has 0 unspecified atom stereocenters. The van der Waals surface area contributed by atoms with Crippen molar-refractivity contribution in [3.63, 3.8) is 0 Å². The van der Waals surface area contributed by atoms with Gasteiger partial charge >= 0.3 is 0 Å². The molecule has 0 amide bonds. The molecule has 3 heteroatoms. The lowest BCUT2D eigenvalue weighted by molar-refractivity contribution is -0.118. The number of carbonyl (C=O) groups excluding carboxylic acids is 2. The smallest absolute Gasteiger partial charge is 0.134 e. The third-order valence-corrected chi connectivity index (χ3v) is 1.77. The average Bonchev–Trinajstić information content (AvgIpc) is 2.20. The Balaban J connectivity index is 0.000000461. The molecule has 0 spiro atoms. The molecule has 1 heterocycles. The Morgan fingerprint density at radius 2 is 1.91 bits per heavy atom. The van der Waals surface area contributed by atoms with Crippen LogP contribution in [0.25, 0.3) is 0 Å². The Labute approximate surface area is 67.4 Å². The minimum atomic E-state index is 0.430. The summed E-state index contributed by atoms with van der Waals surface area (Å²) in [5.74, 6) is 0.430. The predicted molar refractivity (Wildman–Crippen MR) is 43.5 cm³/mol. The number of carbonyl (C=O) groups is 2. The monoisotopic (exact) mass is 157 g/mol. The lowest BCUT2D eigenvalue weighted by Crippen LogP contribution is -2.18. The summed E-state index contributed by atoms with van der Waals surface area (Å²) in [6.07, 6.45) is 2.61. The molecule has 0 radical (unpaired) electrons. The molecule has 3 nitrogen and oxygen atoms in total. The highest BCUT2D eigenvalue weighted by molar-refractivity contribution is 5.78. The quantitative estimate of drug-likeness (QED) is 0.513. The zero-order valence-electron chi connectivity index (χ0n) is 7.01. The first-order valence-corrected chi connectivity index (χ1v) is 3.78. The Hall–Kier alpha value is -0.700. The first kappa shape index (κ1) is 10.3. The van der Waals surface area contributed by atoms with Crippen LogP contribution in [0.5, 0.6) is 0 Å². The summed E-state index contributed by atoms with van der Waals surface area (Å²) in [5, 5.41) is 0. The second-order valence-corrected chi connectivity index (χ2v) is 2.70. The van der Waals surface area contributed by atoms with Crippen molar-refractivity contribution < 1.29 is 9.59 Å². The van der Waals surface area contributed by atoms with E-state index in [1.54, 1.807) is 0 Å². The third kappa shape index (κ3) is 4.67. The molecule has 0 aliphatic carbocycles. The zero-order valence-corrected chi connectivity index (χ0v) is 7.01. The Bertz CT molecular complexity index is 125. The normalized spacial score (nSPS) is 19.9. The van der Waals surface area contributed by atoms with Gasteiger partial charge in [0.05, 0.1) is 0 Å². The predicted octanol–water partition coefficient (Wildman–Crippen LogP) is 0.486. The molecule has 0 atom stereocenters. The Morgan fingerprint density at radius 3 is 2.55 bits per heavy atom. The van der Waals surface area contributed by atoms with E-state index in [0.29, 0.717) is 5.78 Å². The van der Waals surface area contributed by atoms with Gasteiger partial charge in [-0.1, -0.05) is 0 Å². The molecular weight excluding hydrogens is 142 g/mol. The van der Waals surface area contributed by atoms with Gasteiger partial charge in [-0.05, 0) is 20.0 Å². The van der Waals surface area contributed by atoms with Gasteiger partial charge in [0, 0.05) is 19.4 Å². The van der Waals surface area contributed by atoms with Gasteiger partial charge in [0.15, 0.2) is 0 Å². The second-order valence-electron chi connectivity index (χ2n) is 2.70. The van der Waals surface area contributed by atoms with Gasteiger partial charge in [-0.2, -0.15) is 0 Å². The highest BCUT2D eigenvalue weighted by Gasteiger charge is 2.09. The number of likely N-dealkylation sites (tertiary alicyclic amines) is 1. The molecule has 0 saturated carbocycles. The van der Waals surface area contributed by atoms with E-state index in [0.717, 1.165) is 32.4 Å². The summed E-state index contributed by atoms with van der Waals surface area (Å²) in [6, 6.07) is 0. The van der Waals surface area contributed by atoms with Gasteiger partial charge in [0.1, 0.15) is 12.6 Å². The summed E-state index contributed by atoms with van der Waals surface area (Å²) >= 11 is 0. The van der Waals surface area contributed by atoms with E-state index in [2.05, 4.69) is 11.9 Å². The van der Waals surface area contributed by atoms with Gasteiger partial charge in [0.25, 0.3) is 0 Å². The van der Waals surface area contributed by atoms with Crippen molar-refractivity contribution >= 4 is 12.6 Å². The molecule has 0 aromatic heterocycles. The lowest BCUT2D eigenvalue weighted by Gasteiger charge is -2.09. The van der Waals surface area contributed by atoms with Crippen LogP contribution >= 0.6 is 0 Å². The number of rotatable bonds is 0. The number of hydrogen-bond donors (Lipinski definition) is 0. The number of ketones is 1. The van der Waals surface area contributed by atoms with Crippen LogP contribution in [0.15, 0.2) is 0 Å². The summed E-state index contributed by atoms with van der Waals surface area (Å²) in [6.45, 7) is 4.05. The van der Waals surface area contributed by atoms with E-state index in [1.165, 1.54) is 0 Å². The molecular formula is C8H15NO2. The average molecular weight is 157 g/mol. The van der Waals surface area contributed by atoms with Crippen LogP contribution in [0.1, 0.15) is 19.3 Å². The lowest BCUT2D eigenvalue weighted by atomic mass is 10.2. The molecule has 64 valence electrons. The molecule has 1 saturated heterocycles. The van der Waals surface area contributed by atoms with Crippen molar-refractivity contribution in [2.45, 2.75) is 19.3 Å². The maximum Gasteiger partial charge on any atom is 0.134 e. The maximum atomic E-state index is 10.8. The van der Waals surface area contributed by atoms with E-state index in [4.69, 9.17) is 4.79 Å². The van der Waals surface area contributed by atoms with Gasteiger partial charge in [-0.3, -0.25) is 4.79 Å². The van der Waals surface area contributed by atoms with Crippen LogP contribution in [0.2, 0.25) is 0 Å². The fourth-order valence-corrected chi connectivity index (χ4v) is 1.10. The Kier molecular flexibility index (Phi) is 5.65. The molecule has 1 aliphatic heterocycles. The van der Waals surface area contributed by atoms with Crippen molar-refractivity contribution in [2.75, 3.05) is 20.1 Å². The number of Topliss-reactive ketones (excluding diaryl/α,β-unsaturated/α-hetero) is 1. The third-order valence-electron chi connectivity index (χ3n) is 1.77. The van der Waals surface area contributed by atoms with E-state index in [-0.39, 0.29) is 0 Å². The molecule has 0 aromatic rings. The van der Waals surface area contributed by atoms with Gasteiger partial charge in [-0.25, -0.2) is 0 Å². The standard InChI is InChI=1S/C7H13NO.CH2O/c1-8-5-2-3-7(9)4-6-8;1-2/h2-6H2,1H3;1H2. The zero-order chi connectivity index (χ0) is 8.69. The van der Waals surface area contributed by atoms with Crippen LogP contribution in [0.4, 0.5) is 0 Å². The molecule has 11 heavy (non-hydrogen) atoms. The van der Waals surface area contributed by atoms with Crippen molar-refractivity contribution in [1.29, 1.82) is 0 Å². The van der Waals surface area contributed by atoms with Crippen molar-refractivity contribution in [3.05, 3.63) is 0 Å².